The smallest absolute Gasteiger partial charge is 0.223 e. The predicted octanol–water partition coefficient (Wildman–Crippen LogP) is 0.768. The minimum atomic E-state index is 0.212. The van der Waals surface area contributed by atoms with Crippen LogP contribution in [0.4, 0.5) is 0 Å². The lowest BCUT2D eigenvalue weighted by Crippen LogP contribution is -2.32. The molecule has 5 heteroatoms. The van der Waals surface area contributed by atoms with Gasteiger partial charge in [0.15, 0.2) is 0 Å². The Morgan fingerprint density at radius 1 is 1.47 bits per heavy atom. The molecule has 0 saturated heterocycles. The molecule has 5 nitrogen and oxygen atoms in total. The van der Waals surface area contributed by atoms with E-state index in [-0.39, 0.29) is 5.91 Å². The number of carbonyl (C=O) groups excluding carboxylic acids is 1. The van der Waals surface area contributed by atoms with E-state index in [0.29, 0.717) is 19.5 Å². The van der Waals surface area contributed by atoms with Gasteiger partial charge in [-0.25, -0.2) is 0 Å². The number of nitrogens with one attached hydrogen (secondary N) is 1. The minimum Gasteiger partial charge on any atom is -0.343 e. The van der Waals surface area contributed by atoms with Crippen LogP contribution in [0, 0.1) is 0 Å². The number of rotatable bonds is 7. The molecule has 0 fully saturated rings. The first-order valence-electron chi connectivity index (χ1n) is 6.14. The number of carbonyl (C=O) groups is 1. The zero-order valence-corrected chi connectivity index (χ0v) is 10.9. The Morgan fingerprint density at radius 3 is 2.71 bits per heavy atom. The van der Waals surface area contributed by atoms with Gasteiger partial charge in [0.25, 0.3) is 0 Å². The lowest BCUT2D eigenvalue weighted by atomic mass is 10.3. The summed E-state index contributed by atoms with van der Waals surface area (Å²) in [6, 6.07) is 1.97. The Kier molecular flexibility index (Phi) is 5.69. The van der Waals surface area contributed by atoms with E-state index in [0.717, 1.165) is 18.8 Å². The molecule has 17 heavy (non-hydrogen) atoms. The van der Waals surface area contributed by atoms with Crippen LogP contribution >= 0.6 is 0 Å². The summed E-state index contributed by atoms with van der Waals surface area (Å²) in [5.74, 6) is 0.212. The molecule has 1 heterocycles. The van der Waals surface area contributed by atoms with Crippen molar-refractivity contribution >= 4 is 5.91 Å². The third-order valence-corrected chi connectivity index (χ3v) is 2.71. The summed E-state index contributed by atoms with van der Waals surface area (Å²) in [7, 11) is 1.90. The molecule has 0 aliphatic heterocycles. The zero-order chi connectivity index (χ0) is 12.7. The fourth-order valence-corrected chi connectivity index (χ4v) is 1.70. The van der Waals surface area contributed by atoms with E-state index in [2.05, 4.69) is 10.4 Å². The SMILES string of the molecule is CCN(CC)C(=O)CCNCc1ccn(C)n1. The van der Waals surface area contributed by atoms with E-state index < -0.39 is 0 Å². The maximum Gasteiger partial charge on any atom is 0.223 e. The van der Waals surface area contributed by atoms with Gasteiger partial charge in [0.2, 0.25) is 5.91 Å². The van der Waals surface area contributed by atoms with Crippen molar-refractivity contribution in [1.29, 1.82) is 0 Å². The van der Waals surface area contributed by atoms with Crippen LogP contribution < -0.4 is 5.32 Å². The van der Waals surface area contributed by atoms with Crippen molar-refractivity contribution in [2.75, 3.05) is 19.6 Å². The highest BCUT2D eigenvalue weighted by molar-refractivity contribution is 5.76. The number of hydrogen-bond acceptors (Lipinski definition) is 3. The van der Waals surface area contributed by atoms with E-state index in [9.17, 15) is 4.79 Å². The molecule has 1 amide bonds. The van der Waals surface area contributed by atoms with Crippen molar-refractivity contribution in [2.45, 2.75) is 26.8 Å². The lowest BCUT2D eigenvalue weighted by Gasteiger charge is -2.18. The van der Waals surface area contributed by atoms with Crippen LogP contribution in [-0.4, -0.2) is 40.2 Å². The van der Waals surface area contributed by atoms with Crippen molar-refractivity contribution in [3.8, 4) is 0 Å². The third kappa shape index (κ3) is 4.56. The van der Waals surface area contributed by atoms with E-state index in [4.69, 9.17) is 0 Å². The van der Waals surface area contributed by atoms with Crippen molar-refractivity contribution in [1.82, 2.24) is 20.0 Å². The maximum absolute atomic E-state index is 11.7. The maximum atomic E-state index is 11.7. The Morgan fingerprint density at radius 2 is 2.18 bits per heavy atom. The van der Waals surface area contributed by atoms with Gasteiger partial charge in [-0.2, -0.15) is 5.10 Å². The average Bonchev–Trinajstić information content (AvgIpc) is 2.72. The van der Waals surface area contributed by atoms with Gasteiger partial charge >= 0.3 is 0 Å². The molecule has 0 unspecified atom stereocenters. The number of aryl methyl sites for hydroxylation is 1. The standard InChI is InChI=1S/C12H22N4O/c1-4-16(5-2)12(17)6-8-13-10-11-7-9-15(3)14-11/h7,9,13H,4-6,8,10H2,1-3H3. The van der Waals surface area contributed by atoms with Gasteiger partial charge in [-0.1, -0.05) is 0 Å². The number of hydrogen-bond donors (Lipinski definition) is 1. The Labute approximate surface area is 103 Å². The summed E-state index contributed by atoms with van der Waals surface area (Å²) >= 11 is 0. The van der Waals surface area contributed by atoms with Gasteiger partial charge in [-0.3, -0.25) is 9.48 Å². The molecule has 0 radical (unpaired) electrons. The van der Waals surface area contributed by atoms with Gasteiger partial charge in [-0.05, 0) is 19.9 Å². The summed E-state index contributed by atoms with van der Waals surface area (Å²) in [5, 5.41) is 7.48. The highest BCUT2D eigenvalue weighted by Gasteiger charge is 2.08. The normalized spacial score (nSPS) is 10.5. The molecule has 0 aliphatic carbocycles. The molecule has 0 bridgehead atoms. The Bertz CT molecular complexity index is 344. The molecule has 1 aromatic rings. The van der Waals surface area contributed by atoms with Crippen LogP contribution in [0.3, 0.4) is 0 Å². The van der Waals surface area contributed by atoms with Gasteiger partial charge in [-0.15, -0.1) is 0 Å². The van der Waals surface area contributed by atoms with Crippen LogP contribution in [0.25, 0.3) is 0 Å². The zero-order valence-electron chi connectivity index (χ0n) is 10.9. The fraction of sp³-hybridized carbons (Fsp3) is 0.667. The number of aromatic nitrogens is 2. The first-order valence-corrected chi connectivity index (χ1v) is 6.14. The van der Waals surface area contributed by atoms with Crippen LogP contribution in [0.1, 0.15) is 26.0 Å². The van der Waals surface area contributed by atoms with Gasteiger partial charge < -0.3 is 10.2 Å². The lowest BCUT2D eigenvalue weighted by molar-refractivity contribution is -0.130. The fourth-order valence-electron chi connectivity index (χ4n) is 1.70. The van der Waals surface area contributed by atoms with E-state index in [1.165, 1.54) is 0 Å². The van der Waals surface area contributed by atoms with Crippen molar-refractivity contribution in [3.05, 3.63) is 18.0 Å². The van der Waals surface area contributed by atoms with E-state index in [1.54, 1.807) is 4.68 Å². The molecule has 1 rings (SSSR count). The van der Waals surface area contributed by atoms with Gasteiger partial charge in [0, 0.05) is 45.8 Å². The van der Waals surface area contributed by atoms with Crippen molar-refractivity contribution < 1.29 is 4.79 Å². The Balaban J connectivity index is 2.17. The van der Waals surface area contributed by atoms with Gasteiger partial charge in [0.1, 0.15) is 0 Å². The highest BCUT2D eigenvalue weighted by atomic mass is 16.2. The monoisotopic (exact) mass is 238 g/mol. The second kappa shape index (κ2) is 7.06. The first kappa shape index (κ1) is 13.7. The summed E-state index contributed by atoms with van der Waals surface area (Å²) in [6.07, 6.45) is 2.46. The molecule has 96 valence electrons. The third-order valence-electron chi connectivity index (χ3n) is 2.71. The van der Waals surface area contributed by atoms with Gasteiger partial charge in [0.05, 0.1) is 5.69 Å². The number of amides is 1. The van der Waals surface area contributed by atoms with Crippen LogP contribution in [0.15, 0.2) is 12.3 Å². The average molecular weight is 238 g/mol. The van der Waals surface area contributed by atoms with Crippen LogP contribution in [-0.2, 0) is 18.4 Å². The molecule has 0 saturated carbocycles. The topological polar surface area (TPSA) is 50.2 Å². The Hall–Kier alpha value is -1.36. The van der Waals surface area contributed by atoms with Crippen LogP contribution in [0.5, 0.6) is 0 Å². The second-order valence-electron chi connectivity index (χ2n) is 3.97. The molecule has 0 atom stereocenters. The predicted molar refractivity (Wildman–Crippen MR) is 67.5 cm³/mol. The van der Waals surface area contributed by atoms with Crippen molar-refractivity contribution in [3.63, 3.8) is 0 Å². The summed E-state index contributed by atoms with van der Waals surface area (Å²) in [6.45, 7) is 6.99. The highest BCUT2D eigenvalue weighted by Crippen LogP contribution is 1.95. The largest absolute Gasteiger partial charge is 0.343 e. The molecule has 1 aromatic heterocycles. The quantitative estimate of drug-likeness (QED) is 0.714. The van der Waals surface area contributed by atoms with Crippen molar-refractivity contribution in [2.24, 2.45) is 7.05 Å². The van der Waals surface area contributed by atoms with E-state index in [1.807, 2.05) is 38.1 Å². The molecular weight excluding hydrogens is 216 g/mol. The molecule has 0 aliphatic rings. The molecule has 0 aromatic carbocycles. The second-order valence-corrected chi connectivity index (χ2v) is 3.97. The number of nitrogens with zero attached hydrogens (tertiary/aromatic N) is 3. The van der Waals surface area contributed by atoms with Crippen LogP contribution in [0.2, 0.25) is 0 Å². The molecular formula is C12H22N4O. The summed E-state index contributed by atoms with van der Waals surface area (Å²) in [5.41, 5.74) is 1.00. The molecule has 0 spiro atoms. The molecule has 1 N–H and O–H groups in total. The summed E-state index contributed by atoms with van der Waals surface area (Å²) in [4.78, 5) is 13.5. The summed E-state index contributed by atoms with van der Waals surface area (Å²) < 4.78 is 1.78. The minimum absolute atomic E-state index is 0.212. The van der Waals surface area contributed by atoms with E-state index >= 15 is 0 Å². The first-order chi connectivity index (χ1) is 8.17.